The average Bonchev–Trinajstić information content (AvgIpc) is 2.54. The number of nitro groups is 1. The molecule has 1 rings (SSSR count). The number of nitrogens with one attached hydrogen (secondary N) is 2. The molecule has 2 N–H and O–H groups in total. The van der Waals surface area contributed by atoms with E-state index in [1.807, 2.05) is 20.8 Å². The van der Waals surface area contributed by atoms with Crippen molar-refractivity contribution in [1.82, 2.24) is 5.43 Å². The molecule has 1 aromatic carbocycles. The monoisotopic (exact) mass is 363 g/mol. The zero-order valence-corrected chi connectivity index (χ0v) is 15.7. The summed E-state index contributed by atoms with van der Waals surface area (Å²) in [6.45, 7) is 9.62. The number of amidine groups is 1. The molecule has 9 heteroatoms. The Balaban J connectivity index is 2.81. The van der Waals surface area contributed by atoms with Gasteiger partial charge in [0, 0.05) is 23.3 Å². The van der Waals surface area contributed by atoms with Crippen molar-refractivity contribution in [2.75, 3.05) is 12.0 Å². The van der Waals surface area contributed by atoms with E-state index in [0.29, 0.717) is 23.8 Å². The smallest absolute Gasteiger partial charge is 0.311 e. The topological polar surface area (TPSA) is 118 Å². The van der Waals surface area contributed by atoms with Gasteiger partial charge in [-0.3, -0.25) is 25.8 Å². The fraction of sp³-hybridized carbons (Fsp3) is 0.471. The number of hydrogen-bond donors (Lipinski definition) is 2. The molecule has 0 radical (unpaired) electrons. The predicted molar refractivity (Wildman–Crippen MR) is 101 cm³/mol. The Hall–Kier alpha value is -2.97. The van der Waals surface area contributed by atoms with Gasteiger partial charge in [-0.15, -0.1) is 5.10 Å². The van der Waals surface area contributed by atoms with Gasteiger partial charge >= 0.3 is 5.97 Å². The van der Waals surface area contributed by atoms with E-state index in [0.717, 1.165) is 0 Å². The minimum absolute atomic E-state index is 0.0134. The fourth-order valence-electron chi connectivity index (χ4n) is 1.75. The van der Waals surface area contributed by atoms with E-state index in [9.17, 15) is 14.9 Å². The Labute approximate surface area is 152 Å². The van der Waals surface area contributed by atoms with Crippen molar-refractivity contribution >= 4 is 28.9 Å². The molecule has 0 bridgehead atoms. The first-order valence-corrected chi connectivity index (χ1v) is 8.17. The average molecular weight is 363 g/mol. The minimum Gasteiger partial charge on any atom is -0.466 e. The Kier molecular flexibility index (Phi) is 7.70. The highest BCUT2D eigenvalue weighted by atomic mass is 16.6. The van der Waals surface area contributed by atoms with Crippen molar-refractivity contribution in [3.63, 3.8) is 0 Å². The highest BCUT2D eigenvalue weighted by molar-refractivity contribution is 5.98. The summed E-state index contributed by atoms with van der Waals surface area (Å²) in [5, 5.41) is 18.9. The van der Waals surface area contributed by atoms with Crippen LogP contribution >= 0.6 is 0 Å². The molecule has 0 aliphatic heterocycles. The lowest BCUT2D eigenvalue weighted by Crippen LogP contribution is -2.38. The standard InChI is InChI=1S/C17H25N5O4/c1-6-26-15(23)11-12(2)18-20-16(17(3,4)5)21-19-13-7-9-14(10-8-13)22(24)25/h7-10,19H,6,11H2,1-5H3,(H,20,21). The van der Waals surface area contributed by atoms with Crippen LogP contribution in [0.3, 0.4) is 0 Å². The number of nitrogens with zero attached hydrogens (tertiary/aromatic N) is 3. The van der Waals surface area contributed by atoms with Gasteiger partial charge in [0.1, 0.15) is 5.84 Å². The molecule has 0 amide bonds. The molecule has 0 heterocycles. The van der Waals surface area contributed by atoms with Crippen molar-refractivity contribution < 1.29 is 14.5 Å². The first-order valence-electron chi connectivity index (χ1n) is 8.17. The van der Waals surface area contributed by atoms with Gasteiger partial charge in [-0.05, 0) is 26.0 Å². The maximum Gasteiger partial charge on any atom is 0.311 e. The second kappa shape index (κ2) is 9.50. The molecular weight excluding hydrogens is 338 g/mol. The second-order valence-electron chi connectivity index (χ2n) is 6.57. The molecule has 142 valence electrons. The Morgan fingerprint density at radius 3 is 2.35 bits per heavy atom. The quantitative estimate of drug-likeness (QED) is 0.252. The van der Waals surface area contributed by atoms with Gasteiger partial charge in [0.2, 0.25) is 0 Å². The molecule has 0 saturated carbocycles. The zero-order valence-electron chi connectivity index (χ0n) is 15.7. The van der Waals surface area contributed by atoms with Gasteiger partial charge in [-0.25, -0.2) is 0 Å². The van der Waals surface area contributed by atoms with Crippen LogP contribution in [0.25, 0.3) is 0 Å². The summed E-state index contributed by atoms with van der Waals surface area (Å²) in [7, 11) is 0. The number of rotatable bonds is 7. The summed E-state index contributed by atoms with van der Waals surface area (Å²) in [6, 6.07) is 5.97. The van der Waals surface area contributed by atoms with Crippen molar-refractivity contribution in [1.29, 1.82) is 0 Å². The molecule has 9 nitrogen and oxygen atoms in total. The van der Waals surface area contributed by atoms with Crippen LogP contribution in [0.4, 0.5) is 11.4 Å². The zero-order chi connectivity index (χ0) is 19.7. The highest BCUT2D eigenvalue weighted by Crippen LogP contribution is 2.17. The summed E-state index contributed by atoms with van der Waals surface area (Å²) in [6.07, 6.45) is 0.0740. The molecule has 0 saturated heterocycles. The lowest BCUT2D eigenvalue weighted by molar-refractivity contribution is -0.384. The maximum atomic E-state index is 11.5. The Bertz CT molecular complexity index is 690. The lowest BCUT2D eigenvalue weighted by atomic mass is 9.95. The van der Waals surface area contributed by atoms with Gasteiger partial charge in [0.05, 0.1) is 23.6 Å². The number of carbonyl (C=O) groups is 1. The third kappa shape index (κ3) is 7.29. The number of carbonyl (C=O) groups excluding carboxylic acids is 1. The number of hydrogen-bond acceptors (Lipinski definition) is 7. The minimum atomic E-state index is -0.458. The number of non-ortho nitro benzene ring substituents is 1. The van der Waals surface area contributed by atoms with E-state index in [-0.39, 0.29) is 23.5 Å². The summed E-state index contributed by atoms with van der Waals surface area (Å²) < 4.78 is 4.87. The van der Waals surface area contributed by atoms with Crippen LogP contribution in [0, 0.1) is 15.5 Å². The Morgan fingerprint density at radius 1 is 1.23 bits per heavy atom. The molecule has 1 aromatic rings. The number of ether oxygens (including phenoxy) is 1. The third-order valence-electron chi connectivity index (χ3n) is 3.14. The first kappa shape index (κ1) is 21.1. The Morgan fingerprint density at radius 2 is 1.85 bits per heavy atom. The van der Waals surface area contributed by atoms with E-state index in [1.54, 1.807) is 26.0 Å². The SMILES string of the molecule is CCOC(=O)CC(C)=NN=C(NNc1ccc([N+](=O)[O-])cc1)C(C)(C)C. The van der Waals surface area contributed by atoms with E-state index in [4.69, 9.17) is 4.74 Å². The van der Waals surface area contributed by atoms with Crippen molar-refractivity contribution in [2.24, 2.45) is 15.6 Å². The van der Waals surface area contributed by atoms with Crippen LogP contribution in [0.1, 0.15) is 41.0 Å². The third-order valence-corrected chi connectivity index (χ3v) is 3.14. The molecular formula is C17H25N5O4. The molecule has 0 aromatic heterocycles. The van der Waals surface area contributed by atoms with Crippen molar-refractivity contribution in [3.8, 4) is 0 Å². The van der Waals surface area contributed by atoms with Crippen LogP contribution in [0.2, 0.25) is 0 Å². The van der Waals surface area contributed by atoms with Crippen LogP contribution < -0.4 is 10.9 Å². The van der Waals surface area contributed by atoms with E-state index < -0.39 is 4.92 Å². The van der Waals surface area contributed by atoms with E-state index in [2.05, 4.69) is 21.1 Å². The molecule has 26 heavy (non-hydrogen) atoms. The highest BCUT2D eigenvalue weighted by Gasteiger charge is 2.19. The molecule has 0 aliphatic carbocycles. The number of hydrazine groups is 1. The van der Waals surface area contributed by atoms with Crippen LogP contribution in [-0.4, -0.2) is 29.0 Å². The van der Waals surface area contributed by atoms with Gasteiger partial charge in [0.15, 0.2) is 0 Å². The molecule has 0 atom stereocenters. The number of benzene rings is 1. The summed E-state index contributed by atoms with van der Waals surface area (Å²) in [4.78, 5) is 21.7. The van der Waals surface area contributed by atoms with Crippen LogP contribution in [0.5, 0.6) is 0 Å². The summed E-state index contributed by atoms with van der Waals surface area (Å²) in [5.74, 6) is 0.192. The lowest BCUT2D eigenvalue weighted by Gasteiger charge is -2.22. The first-order chi connectivity index (χ1) is 12.1. The van der Waals surface area contributed by atoms with Crippen LogP contribution in [0.15, 0.2) is 34.5 Å². The number of anilines is 1. The molecule has 0 fully saturated rings. The normalized spacial score (nSPS) is 12.5. The van der Waals surface area contributed by atoms with E-state index in [1.165, 1.54) is 12.1 Å². The van der Waals surface area contributed by atoms with Gasteiger partial charge < -0.3 is 4.74 Å². The van der Waals surface area contributed by atoms with Crippen molar-refractivity contribution in [2.45, 2.75) is 41.0 Å². The van der Waals surface area contributed by atoms with Crippen LogP contribution in [-0.2, 0) is 9.53 Å². The summed E-state index contributed by atoms with van der Waals surface area (Å²) in [5.41, 5.74) is 6.74. The van der Waals surface area contributed by atoms with E-state index >= 15 is 0 Å². The predicted octanol–water partition coefficient (Wildman–Crippen LogP) is 3.29. The summed E-state index contributed by atoms with van der Waals surface area (Å²) >= 11 is 0. The van der Waals surface area contributed by atoms with Gasteiger partial charge in [-0.1, -0.05) is 20.8 Å². The molecule has 0 spiro atoms. The number of esters is 1. The van der Waals surface area contributed by atoms with Crippen molar-refractivity contribution in [3.05, 3.63) is 34.4 Å². The second-order valence-corrected chi connectivity index (χ2v) is 6.57. The molecule has 0 unspecified atom stereocenters. The van der Waals surface area contributed by atoms with Gasteiger partial charge in [0.25, 0.3) is 5.69 Å². The molecule has 0 aliphatic rings. The largest absolute Gasteiger partial charge is 0.466 e. The van der Waals surface area contributed by atoms with Gasteiger partial charge in [-0.2, -0.15) is 5.10 Å². The maximum absolute atomic E-state index is 11.5. The number of nitro benzene ring substituents is 1. The fourth-order valence-corrected chi connectivity index (χ4v) is 1.75.